The Labute approximate surface area is 178 Å². The zero-order valence-electron chi connectivity index (χ0n) is 16.9. The van der Waals surface area contributed by atoms with Gasteiger partial charge in [0.05, 0.1) is 11.3 Å². The van der Waals surface area contributed by atoms with Gasteiger partial charge in [0.2, 0.25) is 5.91 Å². The van der Waals surface area contributed by atoms with E-state index in [9.17, 15) is 9.59 Å². The van der Waals surface area contributed by atoms with Gasteiger partial charge in [-0.3, -0.25) is 14.0 Å². The van der Waals surface area contributed by atoms with Gasteiger partial charge in [0, 0.05) is 30.7 Å². The van der Waals surface area contributed by atoms with Crippen LogP contribution in [0, 0.1) is 6.92 Å². The van der Waals surface area contributed by atoms with Crippen LogP contribution in [-0.2, 0) is 4.79 Å². The van der Waals surface area contributed by atoms with Crippen molar-refractivity contribution in [3.05, 3.63) is 65.7 Å². The van der Waals surface area contributed by atoms with Crippen molar-refractivity contribution >= 4 is 45.8 Å². The number of aromatic nitrogens is 3. The first-order chi connectivity index (χ1) is 14.4. The number of para-hydroxylation sites is 1. The molecule has 0 atom stereocenters. The molecule has 0 aliphatic carbocycles. The normalized spacial score (nSPS) is 11.0. The molecular weight excluding hydrogens is 398 g/mol. The lowest BCUT2D eigenvalue weighted by molar-refractivity contribution is -0.113. The lowest BCUT2D eigenvalue weighted by atomic mass is 10.1. The molecule has 2 heterocycles. The average Bonchev–Trinajstić information content (AvgIpc) is 3.15. The molecule has 0 radical (unpaired) electrons. The van der Waals surface area contributed by atoms with Gasteiger partial charge >= 0.3 is 0 Å². The molecule has 152 valence electrons. The number of pyridine rings is 1. The fraction of sp³-hybridized carbons (Fsp3) is 0.182. The number of aryl methyl sites for hydroxylation is 1. The molecule has 0 bridgehead atoms. The molecule has 0 saturated heterocycles. The van der Waals surface area contributed by atoms with E-state index < -0.39 is 0 Å². The van der Waals surface area contributed by atoms with Crippen LogP contribution in [0.5, 0.6) is 0 Å². The second-order valence-corrected chi connectivity index (χ2v) is 8.08. The van der Waals surface area contributed by atoms with Crippen LogP contribution in [0.4, 0.5) is 5.69 Å². The third-order valence-electron chi connectivity index (χ3n) is 4.73. The largest absolute Gasteiger partial charge is 0.345 e. The van der Waals surface area contributed by atoms with Crippen molar-refractivity contribution < 1.29 is 9.59 Å². The summed E-state index contributed by atoms with van der Waals surface area (Å²) < 4.78 is 1.97. The summed E-state index contributed by atoms with van der Waals surface area (Å²) in [6, 6.07) is 16.9. The second kappa shape index (κ2) is 8.16. The summed E-state index contributed by atoms with van der Waals surface area (Å²) in [4.78, 5) is 25.9. The third kappa shape index (κ3) is 3.86. The summed E-state index contributed by atoms with van der Waals surface area (Å²) in [5.74, 6) is -0.0362. The summed E-state index contributed by atoms with van der Waals surface area (Å²) in [5, 5.41) is 13.2. The fourth-order valence-corrected chi connectivity index (χ4v) is 4.00. The number of anilines is 1. The molecule has 2 aromatic heterocycles. The van der Waals surface area contributed by atoms with E-state index in [2.05, 4.69) is 28.5 Å². The molecule has 30 heavy (non-hydrogen) atoms. The van der Waals surface area contributed by atoms with Crippen LogP contribution < -0.4 is 5.32 Å². The van der Waals surface area contributed by atoms with Crippen LogP contribution >= 0.6 is 11.8 Å². The van der Waals surface area contributed by atoms with E-state index in [1.165, 1.54) is 16.7 Å². The topological polar surface area (TPSA) is 79.6 Å². The smallest absolute Gasteiger partial charge is 0.253 e. The van der Waals surface area contributed by atoms with E-state index in [0.717, 1.165) is 22.1 Å². The van der Waals surface area contributed by atoms with Crippen LogP contribution in [-0.4, -0.2) is 51.2 Å². The number of carbonyl (C=O) groups excluding carboxylic acids is 2. The van der Waals surface area contributed by atoms with Gasteiger partial charge in [-0.05, 0) is 48.9 Å². The molecule has 4 aromatic rings. The summed E-state index contributed by atoms with van der Waals surface area (Å²) in [7, 11) is 3.40. The van der Waals surface area contributed by atoms with Crippen LogP contribution in [0.15, 0.2) is 59.8 Å². The Morgan fingerprint density at radius 3 is 2.53 bits per heavy atom. The number of hydrogen-bond acceptors (Lipinski definition) is 5. The number of thioether (sulfide) groups is 1. The van der Waals surface area contributed by atoms with Crippen LogP contribution in [0.2, 0.25) is 0 Å². The van der Waals surface area contributed by atoms with Gasteiger partial charge < -0.3 is 10.2 Å². The lowest BCUT2D eigenvalue weighted by Crippen LogP contribution is -2.21. The molecule has 7 nitrogen and oxygen atoms in total. The van der Waals surface area contributed by atoms with Gasteiger partial charge in [-0.25, -0.2) is 0 Å². The van der Waals surface area contributed by atoms with E-state index >= 15 is 0 Å². The fourth-order valence-electron chi connectivity index (χ4n) is 3.25. The van der Waals surface area contributed by atoms with E-state index in [-0.39, 0.29) is 17.6 Å². The first-order valence-electron chi connectivity index (χ1n) is 9.42. The monoisotopic (exact) mass is 419 g/mol. The summed E-state index contributed by atoms with van der Waals surface area (Å²) in [6.45, 7) is 2.05. The Morgan fingerprint density at radius 2 is 1.80 bits per heavy atom. The molecule has 2 amide bonds. The molecule has 4 rings (SSSR count). The van der Waals surface area contributed by atoms with Crippen LogP contribution in [0.1, 0.15) is 15.9 Å². The van der Waals surface area contributed by atoms with Crippen molar-refractivity contribution in [2.75, 3.05) is 25.2 Å². The third-order valence-corrected chi connectivity index (χ3v) is 5.66. The second-order valence-electron chi connectivity index (χ2n) is 7.13. The predicted molar refractivity (Wildman–Crippen MR) is 119 cm³/mol. The highest BCUT2D eigenvalue weighted by molar-refractivity contribution is 7.99. The number of carbonyl (C=O) groups is 2. The van der Waals surface area contributed by atoms with E-state index in [1.54, 1.807) is 38.4 Å². The van der Waals surface area contributed by atoms with Gasteiger partial charge in [-0.1, -0.05) is 30.0 Å². The zero-order chi connectivity index (χ0) is 21.3. The molecule has 0 aliphatic rings. The molecule has 0 fully saturated rings. The van der Waals surface area contributed by atoms with Crippen molar-refractivity contribution in [2.45, 2.75) is 12.1 Å². The number of nitrogens with zero attached hydrogens (tertiary/aromatic N) is 4. The maximum absolute atomic E-state index is 12.4. The van der Waals surface area contributed by atoms with Crippen LogP contribution in [0.25, 0.3) is 16.6 Å². The number of rotatable bonds is 5. The molecular formula is C22H21N5O2S. The molecule has 2 aromatic carbocycles. The van der Waals surface area contributed by atoms with Crippen molar-refractivity contribution in [3.63, 3.8) is 0 Å². The van der Waals surface area contributed by atoms with Crippen molar-refractivity contribution in [2.24, 2.45) is 0 Å². The lowest BCUT2D eigenvalue weighted by Gasteiger charge is -2.11. The number of fused-ring (bicyclic) bond motifs is 3. The SMILES string of the molecule is Cc1cc2nnc(SCC(=O)Nc3ccc(C(=O)N(C)C)cc3)n2c2ccccc12. The van der Waals surface area contributed by atoms with E-state index in [1.807, 2.05) is 28.7 Å². The quantitative estimate of drug-likeness (QED) is 0.500. The van der Waals surface area contributed by atoms with Crippen molar-refractivity contribution in [3.8, 4) is 0 Å². The Bertz CT molecular complexity index is 1250. The van der Waals surface area contributed by atoms with Gasteiger partial charge in [-0.15, -0.1) is 10.2 Å². The highest BCUT2D eigenvalue weighted by Gasteiger charge is 2.13. The Balaban J connectivity index is 1.47. The minimum absolute atomic E-state index is 0.0791. The van der Waals surface area contributed by atoms with Crippen LogP contribution in [0.3, 0.4) is 0 Å². The first-order valence-corrected chi connectivity index (χ1v) is 10.4. The highest BCUT2D eigenvalue weighted by atomic mass is 32.2. The summed E-state index contributed by atoms with van der Waals surface area (Å²) in [5.41, 5.74) is 4.13. The molecule has 0 saturated carbocycles. The first kappa shape index (κ1) is 19.9. The molecule has 1 N–H and O–H groups in total. The van der Waals surface area contributed by atoms with Crippen molar-refractivity contribution in [1.82, 2.24) is 19.5 Å². The van der Waals surface area contributed by atoms with E-state index in [0.29, 0.717) is 16.4 Å². The molecule has 0 unspecified atom stereocenters. The number of benzene rings is 2. The zero-order valence-corrected chi connectivity index (χ0v) is 17.7. The number of nitrogens with one attached hydrogen (secondary N) is 1. The molecule has 0 spiro atoms. The highest BCUT2D eigenvalue weighted by Crippen LogP contribution is 2.25. The van der Waals surface area contributed by atoms with E-state index in [4.69, 9.17) is 0 Å². The Morgan fingerprint density at radius 1 is 1.07 bits per heavy atom. The molecule has 0 aliphatic heterocycles. The predicted octanol–water partition coefficient (Wildman–Crippen LogP) is 3.62. The summed E-state index contributed by atoms with van der Waals surface area (Å²) >= 11 is 1.33. The maximum atomic E-state index is 12.4. The molecule has 8 heteroatoms. The average molecular weight is 420 g/mol. The minimum Gasteiger partial charge on any atom is -0.345 e. The van der Waals surface area contributed by atoms with Gasteiger partial charge in [0.1, 0.15) is 0 Å². The Hall–Kier alpha value is -3.39. The number of amides is 2. The van der Waals surface area contributed by atoms with Gasteiger partial charge in [0.25, 0.3) is 5.91 Å². The maximum Gasteiger partial charge on any atom is 0.253 e. The number of hydrogen-bond donors (Lipinski definition) is 1. The van der Waals surface area contributed by atoms with Crippen molar-refractivity contribution in [1.29, 1.82) is 0 Å². The standard InChI is InChI=1S/C22H21N5O2S/c1-14-12-19-24-25-22(27(19)18-7-5-4-6-17(14)18)30-13-20(28)23-16-10-8-15(9-11-16)21(29)26(2)3/h4-12H,13H2,1-3H3,(H,23,28). The Kier molecular flexibility index (Phi) is 5.41. The minimum atomic E-state index is -0.153. The van der Waals surface area contributed by atoms with Gasteiger partial charge in [0.15, 0.2) is 10.8 Å². The summed E-state index contributed by atoms with van der Waals surface area (Å²) in [6.07, 6.45) is 0. The van der Waals surface area contributed by atoms with Gasteiger partial charge in [-0.2, -0.15) is 0 Å².